The molecule has 6 heteroatoms. The van der Waals surface area contributed by atoms with E-state index in [1.165, 1.54) is 18.2 Å². The van der Waals surface area contributed by atoms with Crippen LogP contribution in [0.25, 0.3) is 0 Å². The topological polar surface area (TPSA) is 84.2 Å². The Morgan fingerprint density at radius 3 is 2.94 bits per heavy atom. The van der Waals surface area contributed by atoms with Crippen molar-refractivity contribution in [2.45, 2.75) is 18.9 Å². The summed E-state index contributed by atoms with van der Waals surface area (Å²) in [4.78, 5) is 22.9. The fourth-order valence-electron chi connectivity index (χ4n) is 1.85. The monoisotopic (exact) mass is 251 g/mol. The summed E-state index contributed by atoms with van der Waals surface area (Å²) in [7, 11) is 0. The number of benzene rings is 1. The molecule has 96 valence electrons. The Kier molecular flexibility index (Phi) is 3.45. The van der Waals surface area contributed by atoms with E-state index in [2.05, 4.69) is 10.6 Å². The van der Waals surface area contributed by atoms with Gasteiger partial charge < -0.3 is 16.4 Å². The summed E-state index contributed by atoms with van der Waals surface area (Å²) in [5, 5.41) is 5.38. The van der Waals surface area contributed by atoms with Gasteiger partial charge in [0.1, 0.15) is 5.82 Å². The van der Waals surface area contributed by atoms with E-state index in [-0.39, 0.29) is 23.2 Å². The van der Waals surface area contributed by atoms with Crippen LogP contribution in [0.3, 0.4) is 0 Å². The first-order valence-corrected chi connectivity index (χ1v) is 5.69. The van der Waals surface area contributed by atoms with Crippen molar-refractivity contribution in [2.24, 2.45) is 0 Å². The van der Waals surface area contributed by atoms with Gasteiger partial charge in [-0.25, -0.2) is 4.39 Å². The summed E-state index contributed by atoms with van der Waals surface area (Å²) in [6.07, 6.45) is 0.955. The molecule has 1 atom stereocenters. The Labute approximate surface area is 104 Å². The third-order valence-electron chi connectivity index (χ3n) is 2.90. The van der Waals surface area contributed by atoms with E-state index >= 15 is 0 Å². The third kappa shape index (κ3) is 2.58. The van der Waals surface area contributed by atoms with E-state index in [0.717, 1.165) is 0 Å². The molecule has 4 N–H and O–H groups in total. The summed E-state index contributed by atoms with van der Waals surface area (Å²) >= 11 is 0. The maximum atomic E-state index is 13.2. The van der Waals surface area contributed by atoms with Crippen LogP contribution in [0.2, 0.25) is 0 Å². The van der Waals surface area contributed by atoms with Gasteiger partial charge in [0.2, 0.25) is 5.91 Å². The predicted molar refractivity (Wildman–Crippen MR) is 64.3 cm³/mol. The van der Waals surface area contributed by atoms with Crippen LogP contribution in [-0.2, 0) is 4.79 Å². The number of para-hydroxylation sites is 1. The number of anilines is 1. The van der Waals surface area contributed by atoms with Crippen LogP contribution >= 0.6 is 0 Å². The molecule has 1 unspecified atom stereocenters. The van der Waals surface area contributed by atoms with Crippen molar-refractivity contribution < 1.29 is 14.0 Å². The Balaban J connectivity index is 2.03. The molecule has 0 aliphatic carbocycles. The number of nitrogens with one attached hydrogen (secondary N) is 2. The summed E-state index contributed by atoms with van der Waals surface area (Å²) in [6, 6.07) is 3.96. The number of nitrogens with two attached hydrogens (primary N) is 1. The van der Waals surface area contributed by atoms with Gasteiger partial charge in [0.25, 0.3) is 5.91 Å². The Morgan fingerprint density at radius 2 is 2.28 bits per heavy atom. The molecule has 0 bridgehead atoms. The van der Waals surface area contributed by atoms with E-state index in [1.807, 2.05) is 0 Å². The Morgan fingerprint density at radius 1 is 1.50 bits per heavy atom. The van der Waals surface area contributed by atoms with Gasteiger partial charge in [0, 0.05) is 19.0 Å². The lowest BCUT2D eigenvalue weighted by Gasteiger charge is -2.23. The average Bonchev–Trinajstić information content (AvgIpc) is 2.35. The van der Waals surface area contributed by atoms with E-state index in [9.17, 15) is 14.0 Å². The molecule has 1 heterocycles. The van der Waals surface area contributed by atoms with Crippen LogP contribution in [-0.4, -0.2) is 24.4 Å². The molecule has 1 aliphatic rings. The molecule has 0 saturated carbocycles. The summed E-state index contributed by atoms with van der Waals surface area (Å²) in [5.74, 6) is -1.06. The zero-order valence-electron chi connectivity index (χ0n) is 9.70. The minimum Gasteiger partial charge on any atom is -0.396 e. The smallest absolute Gasteiger partial charge is 0.253 e. The van der Waals surface area contributed by atoms with Gasteiger partial charge in [0.15, 0.2) is 0 Å². The molecule has 5 nitrogen and oxygen atoms in total. The van der Waals surface area contributed by atoms with Crippen molar-refractivity contribution in [3.63, 3.8) is 0 Å². The highest BCUT2D eigenvalue weighted by molar-refractivity contribution is 5.99. The first kappa shape index (κ1) is 12.3. The van der Waals surface area contributed by atoms with Crippen molar-refractivity contribution in [2.75, 3.05) is 12.3 Å². The number of nitrogen functional groups attached to an aromatic ring is 1. The summed E-state index contributed by atoms with van der Waals surface area (Å²) < 4.78 is 13.2. The van der Waals surface area contributed by atoms with Crippen LogP contribution < -0.4 is 16.4 Å². The molecule has 0 aromatic heterocycles. The number of halogens is 1. The van der Waals surface area contributed by atoms with Gasteiger partial charge in [-0.05, 0) is 18.6 Å². The molecule has 1 aliphatic heterocycles. The third-order valence-corrected chi connectivity index (χ3v) is 2.90. The highest BCUT2D eigenvalue weighted by Crippen LogP contribution is 2.16. The molecule has 1 saturated heterocycles. The molecule has 0 radical (unpaired) electrons. The number of hydrogen-bond acceptors (Lipinski definition) is 3. The molecule has 0 spiro atoms. The first-order valence-electron chi connectivity index (χ1n) is 5.69. The molecule has 2 rings (SSSR count). The highest BCUT2D eigenvalue weighted by Gasteiger charge is 2.21. The van der Waals surface area contributed by atoms with Gasteiger partial charge >= 0.3 is 0 Å². The number of carbonyl (C=O) groups is 2. The quantitative estimate of drug-likeness (QED) is 0.666. The lowest BCUT2D eigenvalue weighted by atomic mass is 10.1. The van der Waals surface area contributed by atoms with Gasteiger partial charge in [-0.2, -0.15) is 0 Å². The zero-order chi connectivity index (χ0) is 13.1. The van der Waals surface area contributed by atoms with Crippen molar-refractivity contribution in [3.8, 4) is 0 Å². The minimum atomic E-state index is -0.611. The summed E-state index contributed by atoms with van der Waals surface area (Å²) in [5.41, 5.74) is 5.47. The molecule has 1 aromatic carbocycles. The molecule has 18 heavy (non-hydrogen) atoms. The van der Waals surface area contributed by atoms with Crippen molar-refractivity contribution in [3.05, 3.63) is 29.6 Å². The van der Waals surface area contributed by atoms with Gasteiger partial charge in [-0.1, -0.05) is 6.07 Å². The molecular formula is C12H14FN3O2. The number of piperidine rings is 1. The second-order valence-corrected chi connectivity index (χ2v) is 4.21. The van der Waals surface area contributed by atoms with Crippen LogP contribution in [0.15, 0.2) is 18.2 Å². The Bertz CT molecular complexity index is 480. The fourth-order valence-corrected chi connectivity index (χ4v) is 1.85. The van der Waals surface area contributed by atoms with Crippen LogP contribution in [0.5, 0.6) is 0 Å². The predicted octanol–water partition coefficient (Wildman–Crippen LogP) is 0.416. The van der Waals surface area contributed by atoms with E-state index < -0.39 is 11.7 Å². The summed E-state index contributed by atoms with van der Waals surface area (Å²) in [6.45, 7) is 0.389. The maximum absolute atomic E-state index is 13.2. The van der Waals surface area contributed by atoms with Crippen molar-refractivity contribution >= 4 is 17.5 Å². The highest BCUT2D eigenvalue weighted by atomic mass is 19.1. The maximum Gasteiger partial charge on any atom is 0.253 e. The molecular weight excluding hydrogens is 237 g/mol. The average molecular weight is 251 g/mol. The standard InChI is InChI=1S/C12H14FN3O2/c13-9-3-1-2-8(11(9)14)12(18)16-7-4-5-10(17)15-6-7/h1-3,7H,4-6,14H2,(H,15,17)(H,16,18). The lowest BCUT2D eigenvalue weighted by Crippen LogP contribution is -2.47. The van der Waals surface area contributed by atoms with Crippen molar-refractivity contribution in [1.29, 1.82) is 0 Å². The van der Waals surface area contributed by atoms with Gasteiger partial charge in [-0.15, -0.1) is 0 Å². The number of carbonyl (C=O) groups excluding carboxylic acids is 2. The molecule has 1 fully saturated rings. The second-order valence-electron chi connectivity index (χ2n) is 4.21. The number of amides is 2. The van der Waals surface area contributed by atoms with E-state index in [0.29, 0.717) is 19.4 Å². The lowest BCUT2D eigenvalue weighted by molar-refractivity contribution is -0.122. The fraction of sp³-hybridized carbons (Fsp3) is 0.333. The van der Waals surface area contributed by atoms with Crippen LogP contribution in [0.4, 0.5) is 10.1 Å². The second kappa shape index (κ2) is 5.03. The Hall–Kier alpha value is -2.11. The molecule has 1 aromatic rings. The SMILES string of the molecule is Nc1c(F)cccc1C(=O)NC1CCC(=O)NC1. The first-order chi connectivity index (χ1) is 8.58. The minimum absolute atomic E-state index is 0.0224. The number of hydrogen-bond donors (Lipinski definition) is 3. The molecule has 2 amide bonds. The van der Waals surface area contributed by atoms with Gasteiger partial charge in [0.05, 0.1) is 11.3 Å². The van der Waals surface area contributed by atoms with Crippen LogP contribution in [0, 0.1) is 5.82 Å². The zero-order valence-corrected chi connectivity index (χ0v) is 9.70. The van der Waals surface area contributed by atoms with E-state index in [4.69, 9.17) is 5.73 Å². The van der Waals surface area contributed by atoms with Crippen molar-refractivity contribution in [1.82, 2.24) is 10.6 Å². The van der Waals surface area contributed by atoms with Gasteiger partial charge in [-0.3, -0.25) is 9.59 Å². The number of rotatable bonds is 2. The van der Waals surface area contributed by atoms with Crippen LogP contribution in [0.1, 0.15) is 23.2 Å². The normalized spacial score (nSPS) is 19.2. The largest absolute Gasteiger partial charge is 0.396 e. The van der Waals surface area contributed by atoms with E-state index in [1.54, 1.807) is 0 Å².